The van der Waals surface area contributed by atoms with Gasteiger partial charge in [0.25, 0.3) is 0 Å². The third kappa shape index (κ3) is 4.59. The Hall–Kier alpha value is 0.190. The fraction of sp³-hybridized carbons (Fsp3) is 0.556. The summed E-state index contributed by atoms with van der Waals surface area (Å²) in [6.07, 6.45) is 1.51. The molecule has 0 aliphatic carbocycles. The van der Waals surface area contributed by atoms with E-state index in [-0.39, 0.29) is 9.59 Å². The van der Waals surface area contributed by atoms with Gasteiger partial charge in [0.05, 0.1) is 4.34 Å². The molecule has 0 spiro atoms. The average Bonchev–Trinajstić information content (AvgIpc) is 2.60. The lowest BCUT2D eigenvalue weighted by Gasteiger charge is -2.05. The van der Waals surface area contributed by atoms with E-state index in [4.69, 9.17) is 23.2 Å². The van der Waals surface area contributed by atoms with Crippen molar-refractivity contribution in [3.05, 3.63) is 16.5 Å². The van der Waals surface area contributed by atoms with Crippen molar-refractivity contribution in [2.75, 3.05) is 6.54 Å². The molecule has 0 radical (unpaired) electrons. The van der Waals surface area contributed by atoms with Crippen LogP contribution in [0.1, 0.15) is 19.8 Å². The van der Waals surface area contributed by atoms with Gasteiger partial charge >= 0.3 is 0 Å². The predicted molar refractivity (Wildman–Crippen MR) is 69.1 cm³/mol. The van der Waals surface area contributed by atoms with Gasteiger partial charge < -0.3 is 0 Å². The molecule has 0 fully saturated rings. The molecule has 1 aromatic rings. The van der Waals surface area contributed by atoms with Crippen LogP contribution in [0.25, 0.3) is 0 Å². The van der Waals surface area contributed by atoms with Gasteiger partial charge in [-0.3, -0.25) is 0 Å². The first-order valence-corrected chi connectivity index (χ1v) is 7.92. The highest BCUT2D eigenvalue weighted by atomic mass is 35.5. The van der Waals surface area contributed by atoms with Crippen LogP contribution in [-0.4, -0.2) is 20.3 Å². The van der Waals surface area contributed by atoms with E-state index in [2.05, 4.69) is 4.72 Å². The second-order valence-electron chi connectivity index (χ2n) is 3.38. The van der Waals surface area contributed by atoms with Crippen LogP contribution in [0.5, 0.6) is 0 Å². The number of halogens is 2. The summed E-state index contributed by atoms with van der Waals surface area (Å²) in [5.41, 5.74) is 0. The summed E-state index contributed by atoms with van der Waals surface area (Å²) < 4.78 is 26.6. The first-order chi connectivity index (χ1) is 7.42. The van der Waals surface area contributed by atoms with Gasteiger partial charge in [-0.1, -0.05) is 11.6 Å². The molecule has 1 atom stereocenters. The molecule has 3 nitrogen and oxygen atoms in total. The van der Waals surface area contributed by atoms with E-state index < -0.39 is 10.0 Å². The van der Waals surface area contributed by atoms with E-state index in [0.717, 1.165) is 24.2 Å². The first kappa shape index (κ1) is 14.3. The fourth-order valence-electron chi connectivity index (χ4n) is 1.10. The summed E-state index contributed by atoms with van der Waals surface area (Å²) >= 11 is 12.5. The predicted octanol–water partition coefficient (Wildman–Crippen LogP) is 3.09. The normalized spacial score (nSPS) is 13.9. The Morgan fingerprint density at radius 3 is 2.69 bits per heavy atom. The second-order valence-corrected chi connectivity index (χ2v) is 7.83. The van der Waals surface area contributed by atoms with Gasteiger partial charge in [0, 0.05) is 11.9 Å². The zero-order valence-electron chi connectivity index (χ0n) is 8.74. The van der Waals surface area contributed by atoms with Crippen LogP contribution in [0.3, 0.4) is 0 Å². The minimum Gasteiger partial charge on any atom is -0.210 e. The Balaban J connectivity index is 2.47. The maximum Gasteiger partial charge on any atom is 0.250 e. The number of sulfonamides is 1. The molecular formula is C9H13Cl2NO2S2. The maximum absolute atomic E-state index is 11.7. The number of nitrogens with one attached hydrogen (secondary N) is 1. The van der Waals surface area contributed by atoms with Crippen LogP contribution in [0.15, 0.2) is 16.3 Å². The van der Waals surface area contributed by atoms with Gasteiger partial charge in [-0.25, -0.2) is 13.1 Å². The summed E-state index contributed by atoms with van der Waals surface area (Å²) in [6, 6.07) is 3.07. The lowest BCUT2D eigenvalue weighted by molar-refractivity contribution is 0.578. The van der Waals surface area contributed by atoms with E-state index >= 15 is 0 Å². The highest BCUT2D eigenvalue weighted by Crippen LogP contribution is 2.25. The zero-order chi connectivity index (χ0) is 12.2. The summed E-state index contributed by atoms with van der Waals surface area (Å²) in [4.78, 5) is 0. The Labute approximate surface area is 110 Å². The van der Waals surface area contributed by atoms with Crippen LogP contribution < -0.4 is 4.72 Å². The number of hydrogen-bond acceptors (Lipinski definition) is 3. The molecule has 0 saturated heterocycles. The van der Waals surface area contributed by atoms with Crippen LogP contribution in [-0.2, 0) is 10.0 Å². The highest BCUT2D eigenvalue weighted by molar-refractivity contribution is 7.91. The molecule has 1 heterocycles. The van der Waals surface area contributed by atoms with E-state index in [9.17, 15) is 8.42 Å². The Kier molecular flexibility index (Phi) is 5.53. The third-order valence-corrected chi connectivity index (χ3v) is 5.29. The third-order valence-electron chi connectivity index (χ3n) is 1.88. The monoisotopic (exact) mass is 301 g/mol. The number of thiophene rings is 1. The van der Waals surface area contributed by atoms with E-state index in [0.29, 0.717) is 10.9 Å². The largest absolute Gasteiger partial charge is 0.250 e. The molecule has 0 aliphatic heterocycles. The lowest BCUT2D eigenvalue weighted by atomic mass is 10.2. The van der Waals surface area contributed by atoms with Crippen molar-refractivity contribution in [1.82, 2.24) is 4.72 Å². The van der Waals surface area contributed by atoms with Crippen molar-refractivity contribution in [2.45, 2.75) is 29.4 Å². The SMILES string of the molecule is CC(Cl)CCCNS(=O)(=O)c1ccc(Cl)s1. The molecule has 0 aromatic carbocycles. The molecule has 7 heteroatoms. The van der Waals surface area contributed by atoms with Crippen LogP contribution in [0.4, 0.5) is 0 Å². The second kappa shape index (κ2) is 6.21. The highest BCUT2D eigenvalue weighted by Gasteiger charge is 2.15. The molecule has 0 saturated carbocycles. The Morgan fingerprint density at radius 2 is 2.19 bits per heavy atom. The topological polar surface area (TPSA) is 46.2 Å². The van der Waals surface area contributed by atoms with Gasteiger partial charge in [0.2, 0.25) is 10.0 Å². The van der Waals surface area contributed by atoms with Crippen LogP contribution in [0.2, 0.25) is 4.34 Å². The lowest BCUT2D eigenvalue weighted by Crippen LogP contribution is -2.24. The van der Waals surface area contributed by atoms with Crippen molar-refractivity contribution in [3.8, 4) is 0 Å². The van der Waals surface area contributed by atoms with Crippen molar-refractivity contribution in [2.24, 2.45) is 0 Å². The van der Waals surface area contributed by atoms with E-state index in [1.165, 1.54) is 6.07 Å². The van der Waals surface area contributed by atoms with Crippen molar-refractivity contribution < 1.29 is 8.42 Å². The number of rotatable bonds is 6. The number of hydrogen-bond donors (Lipinski definition) is 1. The Bertz CT molecular complexity index is 428. The molecule has 0 amide bonds. The molecular weight excluding hydrogens is 289 g/mol. The van der Waals surface area contributed by atoms with Gasteiger partial charge in [0.15, 0.2) is 0 Å². The van der Waals surface area contributed by atoms with Crippen LogP contribution >= 0.6 is 34.5 Å². The molecule has 92 valence electrons. The summed E-state index contributed by atoms with van der Waals surface area (Å²) in [6.45, 7) is 2.28. The van der Waals surface area contributed by atoms with Gasteiger partial charge in [-0.05, 0) is 31.9 Å². The summed E-state index contributed by atoms with van der Waals surface area (Å²) in [5.74, 6) is 0. The van der Waals surface area contributed by atoms with E-state index in [1.807, 2.05) is 6.92 Å². The van der Waals surface area contributed by atoms with Gasteiger partial charge in [-0.2, -0.15) is 0 Å². The molecule has 1 rings (SSSR count). The zero-order valence-corrected chi connectivity index (χ0v) is 11.9. The van der Waals surface area contributed by atoms with Gasteiger partial charge in [0.1, 0.15) is 4.21 Å². The van der Waals surface area contributed by atoms with Crippen molar-refractivity contribution >= 4 is 44.6 Å². The Morgan fingerprint density at radius 1 is 1.50 bits per heavy atom. The minimum absolute atomic E-state index is 0.0701. The molecule has 0 aliphatic rings. The number of alkyl halides is 1. The quantitative estimate of drug-likeness (QED) is 0.648. The molecule has 0 bridgehead atoms. The smallest absolute Gasteiger partial charge is 0.210 e. The standard InChI is InChI=1S/C9H13Cl2NO2S2/c1-7(10)3-2-6-12-16(13,14)9-5-4-8(11)15-9/h4-5,7,12H,2-3,6H2,1H3. The average molecular weight is 302 g/mol. The maximum atomic E-state index is 11.7. The summed E-state index contributed by atoms with van der Waals surface area (Å²) in [7, 11) is -3.40. The fourth-order valence-corrected chi connectivity index (χ4v) is 3.86. The minimum atomic E-state index is -3.40. The molecule has 16 heavy (non-hydrogen) atoms. The van der Waals surface area contributed by atoms with Crippen LogP contribution in [0, 0.1) is 0 Å². The van der Waals surface area contributed by atoms with Crippen molar-refractivity contribution in [1.29, 1.82) is 0 Å². The first-order valence-electron chi connectivity index (χ1n) is 4.81. The summed E-state index contributed by atoms with van der Waals surface area (Å²) in [5, 5.41) is 0.0701. The van der Waals surface area contributed by atoms with E-state index in [1.54, 1.807) is 6.07 Å². The van der Waals surface area contributed by atoms with Gasteiger partial charge in [-0.15, -0.1) is 22.9 Å². The molecule has 1 unspecified atom stereocenters. The molecule has 1 aromatic heterocycles. The molecule has 1 N–H and O–H groups in total. The van der Waals surface area contributed by atoms with Crippen molar-refractivity contribution in [3.63, 3.8) is 0 Å².